The van der Waals surface area contributed by atoms with Crippen LogP contribution in [0.3, 0.4) is 0 Å². The summed E-state index contributed by atoms with van der Waals surface area (Å²) in [4.78, 5) is 24.1. The van der Waals surface area contributed by atoms with E-state index in [2.05, 4.69) is 9.55 Å². The molecule has 1 aromatic carbocycles. The summed E-state index contributed by atoms with van der Waals surface area (Å²) in [6, 6.07) is 9.95. The molecule has 0 bridgehead atoms. The number of likely N-dealkylation sites (tertiary alicyclic amines) is 1. The van der Waals surface area contributed by atoms with Crippen LogP contribution in [0.25, 0.3) is 11.2 Å². The maximum Gasteiger partial charge on any atom is 0.254 e. The van der Waals surface area contributed by atoms with Gasteiger partial charge in [0.05, 0.1) is 0 Å². The molecule has 0 saturated carbocycles. The minimum Gasteiger partial charge on any atom is -0.338 e. The zero-order valence-corrected chi connectivity index (χ0v) is 14.9. The van der Waals surface area contributed by atoms with E-state index in [1.165, 1.54) is 0 Å². The first-order chi connectivity index (χ1) is 12.0. The van der Waals surface area contributed by atoms with Crippen LogP contribution in [0.15, 0.2) is 36.5 Å². The highest BCUT2D eigenvalue weighted by atomic mass is 16.2. The molecule has 128 valence electrons. The van der Waals surface area contributed by atoms with Crippen LogP contribution in [-0.2, 0) is 7.05 Å². The molecule has 0 N–H and O–H groups in total. The molecule has 0 unspecified atom stereocenters. The molecule has 5 nitrogen and oxygen atoms in total. The van der Waals surface area contributed by atoms with Crippen LogP contribution in [0.4, 0.5) is 0 Å². The van der Waals surface area contributed by atoms with Gasteiger partial charge in [-0.25, -0.2) is 9.97 Å². The van der Waals surface area contributed by atoms with Crippen LogP contribution in [0, 0.1) is 13.8 Å². The number of nitrogens with zero attached hydrogens (tertiary/aromatic N) is 4. The second-order valence-corrected chi connectivity index (χ2v) is 6.93. The van der Waals surface area contributed by atoms with E-state index in [-0.39, 0.29) is 11.8 Å². The van der Waals surface area contributed by atoms with E-state index in [1.54, 1.807) is 6.20 Å². The molecular weight excluding hydrogens is 312 g/mol. The van der Waals surface area contributed by atoms with Crippen LogP contribution in [-0.4, -0.2) is 38.4 Å². The highest BCUT2D eigenvalue weighted by Crippen LogP contribution is 2.29. The van der Waals surface area contributed by atoms with Crippen molar-refractivity contribution < 1.29 is 4.79 Å². The van der Waals surface area contributed by atoms with Crippen molar-refractivity contribution in [3.8, 4) is 0 Å². The Kier molecular flexibility index (Phi) is 3.79. The second kappa shape index (κ2) is 5.99. The average Bonchev–Trinajstić information content (AvgIpc) is 3.22. The van der Waals surface area contributed by atoms with Crippen molar-refractivity contribution in [1.29, 1.82) is 0 Å². The van der Waals surface area contributed by atoms with Gasteiger partial charge in [0.2, 0.25) is 0 Å². The number of carbonyl (C=O) groups is 1. The van der Waals surface area contributed by atoms with Gasteiger partial charge in [-0.15, -0.1) is 0 Å². The van der Waals surface area contributed by atoms with Gasteiger partial charge < -0.3 is 9.47 Å². The van der Waals surface area contributed by atoms with Gasteiger partial charge in [0.25, 0.3) is 5.91 Å². The Balaban J connectivity index is 1.59. The molecule has 1 atom stereocenters. The molecule has 0 spiro atoms. The number of carbonyl (C=O) groups excluding carboxylic acids is 1. The summed E-state index contributed by atoms with van der Waals surface area (Å²) in [7, 11) is 2.01. The van der Waals surface area contributed by atoms with Crippen molar-refractivity contribution in [3.63, 3.8) is 0 Å². The summed E-state index contributed by atoms with van der Waals surface area (Å²) < 4.78 is 2.06. The van der Waals surface area contributed by atoms with Gasteiger partial charge in [-0.1, -0.05) is 17.7 Å². The summed E-state index contributed by atoms with van der Waals surface area (Å²) in [5, 5.41) is 0. The molecule has 1 aliphatic rings. The summed E-state index contributed by atoms with van der Waals surface area (Å²) in [5.41, 5.74) is 4.78. The Morgan fingerprint density at radius 3 is 2.88 bits per heavy atom. The number of aryl methyl sites for hydroxylation is 3. The maximum absolute atomic E-state index is 12.9. The number of aromatic nitrogens is 3. The third-order valence-electron chi connectivity index (χ3n) is 5.13. The third-order valence-corrected chi connectivity index (χ3v) is 5.13. The van der Waals surface area contributed by atoms with Gasteiger partial charge in [0.1, 0.15) is 11.3 Å². The summed E-state index contributed by atoms with van der Waals surface area (Å²) >= 11 is 0. The fraction of sp³-hybridized carbons (Fsp3) is 0.350. The normalized spacial score (nSPS) is 17.4. The molecule has 1 saturated heterocycles. The monoisotopic (exact) mass is 334 g/mol. The van der Waals surface area contributed by atoms with Crippen molar-refractivity contribution >= 4 is 17.1 Å². The number of hydrogen-bond acceptors (Lipinski definition) is 3. The number of rotatable bonds is 2. The molecule has 4 rings (SSSR count). The fourth-order valence-corrected chi connectivity index (χ4v) is 3.70. The van der Waals surface area contributed by atoms with Crippen LogP contribution >= 0.6 is 0 Å². The Hall–Kier alpha value is -2.69. The summed E-state index contributed by atoms with van der Waals surface area (Å²) in [5.74, 6) is 1.40. The lowest BCUT2D eigenvalue weighted by atomic mass is 10.0. The highest BCUT2D eigenvalue weighted by Gasteiger charge is 2.31. The largest absolute Gasteiger partial charge is 0.338 e. The Morgan fingerprint density at radius 2 is 2.08 bits per heavy atom. The van der Waals surface area contributed by atoms with Gasteiger partial charge >= 0.3 is 0 Å². The van der Waals surface area contributed by atoms with Gasteiger partial charge in [0, 0.05) is 37.8 Å². The molecule has 3 heterocycles. The first kappa shape index (κ1) is 15.8. The number of imidazole rings is 1. The molecule has 3 aromatic rings. The van der Waals surface area contributed by atoms with Crippen LogP contribution < -0.4 is 0 Å². The number of benzene rings is 1. The number of hydrogen-bond donors (Lipinski definition) is 0. The predicted octanol–water partition coefficient (Wildman–Crippen LogP) is 3.21. The van der Waals surface area contributed by atoms with Gasteiger partial charge in [0.15, 0.2) is 5.65 Å². The van der Waals surface area contributed by atoms with E-state index in [4.69, 9.17) is 4.98 Å². The minimum atomic E-state index is 0.126. The van der Waals surface area contributed by atoms with Gasteiger partial charge in [-0.05, 0) is 44.0 Å². The zero-order valence-electron chi connectivity index (χ0n) is 14.9. The second-order valence-electron chi connectivity index (χ2n) is 6.93. The SMILES string of the molecule is Cc1ccc(C)c(C(=O)N2CC[C@H](c3nc4cccnc4n3C)C2)c1. The molecule has 1 aliphatic heterocycles. The smallest absolute Gasteiger partial charge is 0.254 e. The van der Waals surface area contributed by atoms with E-state index >= 15 is 0 Å². The van der Waals surface area contributed by atoms with Gasteiger partial charge in [-0.2, -0.15) is 0 Å². The Bertz CT molecular complexity index is 959. The van der Waals surface area contributed by atoms with Crippen LogP contribution in [0.1, 0.15) is 39.6 Å². The third kappa shape index (κ3) is 2.69. The van der Waals surface area contributed by atoms with Crippen molar-refractivity contribution in [3.05, 3.63) is 59.0 Å². The van der Waals surface area contributed by atoms with E-state index in [0.717, 1.165) is 46.6 Å². The van der Waals surface area contributed by atoms with Crippen molar-refractivity contribution in [1.82, 2.24) is 19.4 Å². The molecule has 1 amide bonds. The number of amides is 1. The topological polar surface area (TPSA) is 51.0 Å². The highest BCUT2D eigenvalue weighted by molar-refractivity contribution is 5.96. The quantitative estimate of drug-likeness (QED) is 0.723. The predicted molar refractivity (Wildman–Crippen MR) is 97.7 cm³/mol. The Morgan fingerprint density at radius 1 is 1.24 bits per heavy atom. The summed E-state index contributed by atoms with van der Waals surface area (Å²) in [6.07, 6.45) is 2.73. The van der Waals surface area contributed by atoms with Gasteiger partial charge in [-0.3, -0.25) is 4.79 Å². The number of fused-ring (bicyclic) bond motifs is 1. The molecule has 0 radical (unpaired) electrons. The zero-order chi connectivity index (χ0) is 17.6. The van der Waals surface area contributed by atoms with Crippen molar-refractivity contribution in [2.45, 2.75) is 26.2 Å². The fourth-order valence-electron chi connectivity index (χ4n) is 3.70. The maximum atomic E-state index is 12.9. The Labute approximate surface area is 147 Å². The minimum absolute atomic E-state index is 0.126. The van der Waals surface area contributed by atoms with E-state index < -0.39 is 0 Å². The lowest BCUT2D eigenvalue weighted by molar-refractivity contribution is 0.0789. The standard InChI is InChI=1S/C20H22N4O/c1-13-6-7-14(2)16(11-13)20(25)24-10-8-15(12-24)18-22-17-5-4-9-21-19(17)23(18)3/h4-7,9,11,15H,8,10,12H2,1-3H3/t15-/m0/s1. The molecule has 25 heavy (non-hydrogen) atoms. The first-order valence-corrected chi connectivity index (χ1v) is 8.68. The van der Waals surface area contributed by atoms with Crippen molar-refractivity contribution in [2.75, 3.05) is 13.1 Å². The van der Waals surface area contributed by atoms with E-state index in [9.17, 15) is 4.79 Å². The number of pyridine rings is 1. The molecule has 1 fully saturated rings. The van der Waals surface area contributed by atoms with E-state index in [0.29, 0.717) is 6.54 Å². The van der Waals surface area contributed by atoms with Crippen molar-refractivity contribution in [2.24, 2.45) is 7.05 Å². The van der Waals surface area contributed by atoms with Crippen LogP contribution in [0.5, 0.6) is 0 Å². The molecule has 0 aliphatic carbocycles. The lowest BCUT2D eigenvalue weighted by Gasteiger charge is -2.18. The molecule has 5 heteroatoms. The molecular formula is C20H22N4O. The first-order valence-electron chi connectivity index (χ1n) is 8.68. The van der Waals surface area contributed by atoms with E-state index in [1.807, 2.05) is 56.1 Å². The van der Waals surface area contributed by atoms with Crippen LogP contribution in [0.2, 0.25) is 0 Å². The summed E-state index contributed by atoms with van der Waals surface area (Å²) in [6.45, 7) is 5.50. The average molecular weight is 334 g/mol. The molecule has 2 aromatic heterocycles. The lowest BCUT2D eigenvalue weighted by Crippen LogP contribution is -2.29.